The van der Waals surface area contributed by atoms with Crippen molar-refractivity contribution in [1.29, 1.82) is 0 Å². The minimum Gasteiger partial charge on any atom is -0.424 e. The predicted molar refractivity (Wildman–Crippen MR) is 77.4 cm³/mol. The van der Waals surface area contributed by atoms with Crippen LogP contribution in [0.1, 0.15) is 43.0 Å². The number of piperidine rings is 1. The highest BCUT2D eigenvalue weighted by molar-refractivity contribution is 5.20. The Morgan fingerprint density at radius 1 is 1.10 bits per heavy atom. The van der Waals surface area contributed by atoms with E-state index in [9.17, 15) is 0 Å². The number of rotatable bonds is 4. The summed E-state index contributed by atoms with van der Waals surface area (Å²) < 4.78 is 5.58. The summed E-state index contributed by atoms with van der Waals surface area (Å²) in [5, 5.41) is 8.12. The molecule has 1 aliphatic rings. The van der Waals surface area contributed by atoms with Crippen LogP contribution in [0.5, 0.6) is 0 Å². The number of benzene rings is 1. The number of hydrogen-bond donors (Lipinski definition) is 0. The maximum absolute atomic E-state index is 5.58. The molecule has 0 amide bonds. The van der Waals surface area contributed by atoms with Gasteiger partial charge in [-0.15, -0.1) is 10.2 Å². The maximum atomic E-state index is 5.58. The Bertz CT molecular complexity index is 530. The largest absolute Gasteiger partial charge is 0.424 e. The Balaban J connectivity index is 1.53. The number of aromatic nitrogens is 2. The highest BCUT2D eigenvalue weighted by Gasteiger charge is 2.21. The molecule has 4 heteroatoms. The molecule has 0 aliphatic carbocycles. The zero-order valence-corrected chi connectivity index (χ0v) is 12.0. The van der Waals surface area contributed by atoms with Gasteiger partial charge in [-0.3, -0.25) is 4.90 Å². The highest BCUT2D eigenvalue weighted by atomic mass is 16.4. The molecular weight excluding hydrogens is 250 g/mol. The molecule has 0 unspecified atom stereocenters. The van der Waals surface area contributed by atoms with Gasteiger partial charge < -0.3 is 4.42 Å². The molecule has 1 aliphatic heterocycles. The van der Waals surface area contributed by atoms with Gasteiger partial charge in [0, 0.05) is 6.42 Å². The van der Waals surface area contributed by atoms with E-state index >= 15 is 0 Å². The minimum absolute atomic E-state index is 0.696. The number of aryl methyl sites for hydroxylation is 1. The van der Waals surface area contributed by atoms with E-state index in [1.54, 1.807) is 0 Å². The normalized spacial score (nSPS) is 17.4. The number of likely N-dealkylation sites (tertiary alicyclic amines) is 1. The molecule has 1 saturated heterocycles. The van der Waals surface area contributed by atoms with Crippen LogP contribution < -0.4 is 0 Å². The Kier molecular flexibility index (Phi) is 4.11. The second-order valence-electron chi connectivity index (χ2n) is 5.40. The average molecular weight is 271 g/mol. The van der Waals surface area contributed by atoms with Gasteiger partial charge in [-0.2, -0.15) is 0 Å². The highest BCUT2D eigenvalue weighted by Crippen LogP contribution is 2.28. The van der Waals surface area contributed by atoms with Crippen LogP contribution in [0.4, 0.5) is 0 Å². The van der Waals surface area contributed by atoms with Crippen molar-refractivity contribution in [2.24, 2.45) is 0 Å². The first-order chi connectivity index (χ1) is 9.85. The molecule has 3 rings (SSSR count). The maximum Gasteiger partial charge on any atom is 0.230 e. The first-order valence-electron chi connectivity index (χ1n) is 7.43. The lowest BCUT2D eigenvalue weighted by atomic mass is 9.89. The van der Waals surface area contributed by atoms with Gasteiger partial charge in [0.25, 0.3) is 0 Å². The molecule has 1 aromatic heterocycles. The van der Waals surface area contributed by atoms with Crippen molar-refractivity contribution in [3.8, 4) is 0 Å². The molecule has 0 atom stereocenters. The van der Waals surface area contributed by atoms with Gasteiger partial charge in [0.15, 0.2) is 0 Å². The molecular formula is C16H21N3O. The first kappa shape index (κ1) is 13.3. The van der Waals surface area contributed by atoms with E-state index in [0.29, 0.717) is 5.92 Å². The summed E-state index contributed by atoms with van der Waals surface area (Å²) in [4.78, 5) is 2.41. The lowest BCUT2D eigenvalue weighted by Gasteiger charge is -2.31. The van der Waals surface area contributed by atoms with Crippen LogP contribution in [-0.4, -0.2) is 28.2 Å². The molecule has 0 saturated carbocycles. The molecule has 0 radical (unpaired) electrons. The third-order valence-corrected chi connectivity index (χ3v) is 4.03. The van der Waals surface area contributed by atoms with E-state index in [1.165, 1.54) is 18.4 Å². The Labute approximate surface area is 119 Å². The van der Waals surface area contributed by atoms with Gasteiger partial charge in [-0.25, -0.2) is 0 Å². The van der Waals surface area contributed by atoms with Gasteiger partial charge in [0.2, 0.25) is 11.8 Å². The zero-order chi connectivity index (χ0) is 13.8. The van der Waals surface area contributed by atoms with Crippen LogP contribution in [0.15, 0.2) is 34.7 Å². The van der Waals surface area contributed by atoms with Gasteiger partial charge in [-0.1, -0.05) is 37.3 Å². The van der Waals surface area contributed by atoms with E-state index < -0.39 is 0 Å². The first-order valence-corrected chi connectivity index (χ1v) is 7.43. The summed E-state index contributed by atoms with van der Waals surface area (Å²) >= 11 is 0. The fourth-order valence-corrected chi connectivity index (χ4v) is 2.84. The predicted octanol–water partition coefficient (Wildman–Crippen LogP) is 3.01. The number of nitrogens with zero attached hydrogens (tertiary/aromatic N) is 3. The van der Waals surface area contributed by atoms with Gasteiger partial charge in [-0.05, 0) is 37.4 Å². The third-order valence-electron chi connectivity index (χ3n) is 4.03. The third kappa shape index (κ3) is 3.07. The van der Waals surface area contributed by atoms with E-state index in [-0.39, 0.29) is 0 Å². The summed E-state index contributed by atoms with van der Waals surface area (Å²) in [6, 6.07) is 10.8. The second-order valence-corrected chi connectivity index (χ2v) is 5.40. The van der Waals surface area contributed by atoms with Crippen LogP contribution in [0, 0.1) is 0 Å². The molecule has 2 aromatic rings. The van der Waals surface area contributed by atoms with Gasteiger partial charge in [0.05, 0.1) is 6.54 Å². The molecule has 0 bridgehead atoms. The van der Waals surface area contributed by atoms with E-state index in [4.69, 9.17) is 4.42 Å². The quantitative estimate of drug-likeness (QED) is 0.857. The van der Waals surface area contributed by atoms with Crippen LogP contribution in [0.25, 0.3) is 0 Å². The van der Waals surface area contributed by atoms with Crippen molar-refractivity contribution in [1.82, 2.24) is 15.1 Å². The summed E-state index contributed by atoms with van der Waals surface area (Å²) in [6.45, 7) is 5.02. The molecule has 0 N–H and O–H groups in total. The second kappa shape index (κ2) is 6.18. The lowest BCUT2D eigenvalue weighted by Crippen LogP contribution is -2.32. The molecule has 4 nitrogen and oxygen atoms in total. The molecule has 106 valence electrons. The van der Waals surface area contributed by atoms with E-state index in [0.717, 1.165) is 37.8 Å². The molecule has 2 heterocycles. The van der Waals surface area contributed by atoms with Crippen LogP contribution in [0.3, 0.4) is 0 Å². The van der Waals surface area contributed by atoms with E-state index in [1.807, 2.05) is 6.92 Å². The van der Waals surface area contributed by atoms with Crippen LogP contribution in [0.2, 0.25) is 0 Å². The molecule has 1 fully saturated rings. The molecule has 0 spiro atoms. The molecule has 1 aromatic carbocycles. The van der Waals surface area contributed by atoms with Gasteiger partial charge in [0.1, 0.15) is 0 Å². The summed E-state index contributed by atoms with van der Waals surface area (Å²) in [5.74, 6) is 2.18. The van der Waals surface area contributed by atoms with Crippen molar-refractivity contribution in [2.45, 2.75) is 38.6 Å². The Hall–Kier alpha value is -1.68. The zero-order valence-electron chi connectivity index (χ0n) is 12.0. The SMILES string of the molecule is CCc1nnc(CN2CCC(c3ccccc3)CC2)o1. The Morgan fingerprint density at radius 3 is 2.45 bits per heavy atom. The number of hydrogen-bond acceptors (Lipinski definition) is 4. The van der Waals surface area contributed by atoms with Crippen molar-refractivity contribution in [3.05, 3.63) is 47.7 Å². The monoisotopic (exact) mass is 271 g/mol. The lowest BCUT2D eigenvalue weighted by molar-refractivity contribution is 0.186. The fraction of sp³-hybridized carbons (Fsp3) is 0.500. The molecule has 20 heavy (non-hydrogen) atoms. The van der Waals surface area contributed by atoms with Crippen LogP contribution in [-0.2, 0) is 13.0 Å². The van der Waals surface area contributed by atoms with Crippen LogP contribution >= 0.6 is 0 Å². The van der Waals surface area contributed by atoms with Crippen molar-refractivity contribution < 1.29 is 4.42 Å². The minimum atomic E-state index is 0.696. The Morgan fingerprint density at radius 2 is 1.80 bits per heavy atom. The van der Waals surface area contributed by atoms with Gasteiger partial charge >= 0.3 is 0 Å². The summed E-state index contributed by atoms with van der Waals surface area (Å²) in [5.41, 5.74) is 1.47. The fourth-order valence-electron chi connectivity index (χ4n) is 2.84. The average Bonchev–Trinajstić information content (AvgIpc) is 2.97. The van der Waals surface area contributed by atoms with Crippen molar-refractivity contribution in [2.75, 3.05) is 13.1 Å². The smallest absolute Gasteiger partial charge is 0.230 e. The standard InChI is InChI=1S/C16H21N3O/c1-2-15-17-18-16(20-15)12-19-10-8-14(9-11-19)13-6-4-3-5-7-13/h3-7,14H,2,8-12H2,1H3. The van der Waals surface area contributed by atoms with Crippen molar-refractivity contribution >= 4 is 0 Å². The summed E-state index contributed by atoms with van der Waals surface area (Å²) in [7, 11) is 0. The van der Waals surface area contributed by atoms with E-state index in [2.05, 4.69) is 45.4 Å². The van der Waals surface area contributed by atoms with Crippen molar-refractivity contribution in [3.63, 3.8) is 0 Å². The topological polar surface area (TPSA) is 42.2 Å². The summed E-state index contributed by atoms with van der Waals surface area (Å²) in [6.07, 6.45) is 3.22.